The van der Waals surface area contributed by atoms with Crippen LogP contribution in [0.3, 0.4) is 0 Å². The number of nitrogens with zero attached hydrogens (tertiary/aromatic N) is 7. The normalized spacial score (nSPS) is 11.0. The van der Waals surface area contributed by atoms with Gasteiger partial charge in [-0.15, -0.1) is 20.3 Å². The number of tetrazole rings is 1. The van der Waals surface area contributed by atoms with Gasteiger partial charge in [-0.1, -0.05) is 96.5 Å². The third kappa shape index (κ3) is 6.47. The number of benzene rings is 3. The number of carboxylic acids is 1. The first kappa shape index (κ1) is 30.0. The number of unbranched alkanes of at least 4 members (excludes halogenated alkanes) is 1. The molecule has 44 heavy (non-hydrogen) atoms. The molecule has 2 heterocycles. The summed E-state index contributed by atoms with van der Waals surface area (Å²) < 4.78 is 1.64. The maximum absolute atomic E-state index is 13.2. The molecule has 5 aromatic rings. The fourth-order valence-electron chi connectivity index (χ4n) is 4.76. The first-order valence-electron chi connectivity index (χ1n) is 13.6. The Hall–Kier alpha value is -5.43. The largest absolute Gasteiger partial charge is 0.476 e. The average molecular weight is 616 g/mol. The molecule has 224 valence electrons. The summed E-state index contributed by atoms with van der Waals surface area (Å²) in [5.74, 6) is -0.924. The Kier molecular flexibility index (Phi) is 9.05. The molecule has 2 aromatic heterocycles. The third-order valence-corrected chi connectivity index (χ3v) is 7.17. The number of hydrogen-bond donors (Lipinski definition) is 1. The zero-order chi connectivity index (χ0) is 31.2. The molecule has 0 amide bonds. The highest BCUT2D eigenvalue weighted by Crippen LogP contribution is 2.30. The standard InChI is InChI=1S/C30H26ClN7O6/c1-2-3-12-25-32-27(31)26(30(40)41)36(25)17-19-13-15-20(16-14-19)22-9-6-7-11-24(22)28-33-35-37(34-28)29(39)23-10-5-4-8-21(23)18-44-38(42)43/h4-11,13-16H,2-3,12,17-18H2,1H3,(H,40,41). The van der Waals surface area contributed by atoms with E-state index in [0.717, 1.165) is 34.3 Å². The van der Waals surface area contributed by atoms with Gasteiger partial charge in [-0.3, -0.25) is 4.79 Å². The van der Waals surface area contributed by atoms with Crippen molar-refractivity contribution < 1.29 is 24.6 Å². The fourth-order valence-corrected chi connectivity index (χ4v) is 5.04. The molecule has 0 radical (unpaired) electrons. The quantitative estimate of drug-likeness (QED) is 0.143. The third-order valence-electron chi connectivity index (χ3n) is 6.90. The lowest BCUT2D eigenvalue weighted by Crippen LogP contribution is -2.18. The van der Waals surface area contributed by atoms with E-state index in [-0.39, 0.29) is 28.8 Å². The van der Waals surface area contributed by atoms with E-state index < -0.39 is 23.6 Å². The van der Waals surface area contributed by atoms with E-state index in [4.69, 9.17) is 11.6 Å². The van der Waals surface area contributed by atoms with Gasteiger partial charge < -0.3 is 14.5 Å². The van der Waals surface area contributed by atoms with Crippen LogP contribution in [0.4, 0.5) is 0 Å². The Morgan fingerprint density at radius 2 is 1.73 bits per heavy atom. The molecule has 0 aliphatic carbocycles. The summed E-state index contributed by atoms with van der Waals surface area (Å²) in [6.45, 7) is 1.93. The van der Waals surface area contributed by atoms with Crippen LogP contribution < -0.4 is 0 Å². The van der Waals surface area contributed by atoms with E-state index in [1.165, 1.54) is 6.07 Å². The number of imidazole rings is 1. The lowest BCUT2D eigenvalue weighted by Gasteiger charge is -2.12. The van der Waals surface area contributed by atoms with Gasteiger partial charge in [-0.05, 0) is 40.0 Å². The second kappa shape index (κ2) is 13.3. The zero-order valence-electron chi connectivity index (χ0n) is 23.5. The highest BCUT2D eigenvalue weighted by atomic mass is 35.5. The molecule has 0 saturated carbocycles. The molecule has 0 fully saturated rings. The van der Waals surface area contributed by atoms with E-state index in [0.29, 0.717) is 23.4 Å². The topological polar surface area (TPSA) is 168 Å². The first-order chi connectivity index (χ1) is 21.3. The zero-order valence-corrected chi connectivity index (χ0v) is 24.2. The molecule has 0 spiro atoms. The molecule has 0 aliphatic heterocycles. The molecule has 13 nitrogen and oxygen atoms in total. The number of halogens is 1. The molecule has 3 aromatic carbocycles. The maximum Gasteiger partial charge on any atom is 0.355 e. The summed E-state index contributed by atoms with van der Waals surface area (Å²) >= 11 is 6.18. The number of aromatic nitrogens is 6. The number of aromatic carboxylic acids is 1. The van der Waals surface area contributed by atoms with Crippen molar-refractivity contribution in [3.8, 4) is 22.5 Å². The average Bonchev–Trinajstić information content (AvgIpc) is 3.64. The van der Waals surface area contributed by atoms with Gasteiger partial charge in [0.15, 0.2) is 10.8 Å². The first-order valence-corrected chi connectivity index (χ1v) is 14.0. The minimum atomic E-state index is -1.14. The van der Waals surface area contributed by atoms with Gasteiger partial charge in [0.2, 0.25) is 5.82 Å². The van der Waals surface area contributed by atoms with Crippen LogP contribution in [0.15, 0.2) is 72.8 Å². The maximum atomic E-state index is 13.2. The molecule has 14 heteroatoms. The molecule has 0 aliphatic rings. The summed E-state index contributed by atoms with van der Waals surface area (Å²) in [5.41, 5.74) is 3.51. The number of hydrogen-bond acceptors (Lipinski definition) is 9. The summed E-state index contributed by atoms with van der Waals surface area (Å²) in [6, 6.07) is 21.3. The minimum absolute atomic E-state index is 0.0263. The van der Waals surface area contributed by atoms with Crippen LogP contribution in [0.5, 0.6) is 0 Å². The van der Waals surface area contributed by atoms with Crippen molar-refractivity contribution in [1.82, 2.24) is 29.8 Å². The molecular formula is C30H26ClN7O6. The molecule has 0 unspecified atom stereocenters. The van der Waals surface area contributed by atoms with Gasteiger partial charge in [0, 0.05) is 24.1 Å². The van der Waals surface area contributed by atoms with Crippen LogP contribution in [0.25, 0.3) is 22.5 Å². The predicted octanol–water partition coefficient (Wildman–Crippen LogP) is 5.34. The summed E-state index contributed by atoms with van der Waals surface area (Å²) in [6.07, 6.45) is 2.41. The SMILES string of the molecule is CCCCc1nc(Cl)c(C(=O)O)n1Cc1ccc(-c2ccccc2-c2nnn(C(=O)c3ccccc3CO[N+](=O)[O-])n2)cc1. The number of carbonyl (C=O) groups excluding carboxylic acids is 1. The molecule has 0 saturated heterocycles. The van der Waals surface area contributed by atoms with Crippen molar-refractivity contribution in [2.24, 2.45) is 0 Å². The summed E-state index contributed by atoms with van der Waals surface area (Å²) in [5, 5.41) is 31.8. The Morgan fingerprint density at radius 3 is 2.43 bits per heavy atom. The van der Waals surface area contributed by atoms with Crippen LogP contribution in [0, 0.1) is 10.1 Å². The van der Waals surface area contributed by atoms with Crippen LogP contribution >= 0.6 is 11.6 Å². The Morgan fingerprint density at radius 1 is 1.02 bits per heavy atom. The highest BCUT2D eigenvalue weighted by Gasteiger charge is 2.22. The van der Waals surface area contributed by atoms with Crippen molar-refractivity contribution in [2.45, 2.75) is 39.3 Å². The van der Waals surface area contributed by atoms with Crippen molar-refractivity contribution >= 4 is 23.5 Å². The monoisotopic (exact) mass is 615 g/mol. The molecule has 1 N–H and O–H groups in total. The van der Waals surface area contributed by atoms with Crippen LogP contribution in [0.1, 0.15) is 57.6 Å². The lowest BCUT2D eigenvalue weighted by atomic mass is 9.98. The molecule has 5 rings (SSSR count). The minimum Gasteiger partial charge on any atom is -0.476 e. The predicted molar refractivity (Wildman–Crippen MR) is 159 cm³/mol. The van der Waals surface area contributed by atoms with Crippen LogP contribution in [-0.4, -0.2) is 51.8 Å². The molecule has 0 atom stereocenters. The Bertz CT molecular complexity index is 1830. The number of rotatable bonds is 12. The van der Waals surface area contributed by atoms with Crippen molar-refractivity contribution in [1.29, 1.82) is 0 Å². The van der Waals surface area contributed by atoms with Gasteiger partial charge >= 0.3 is 5.97 Å². The summed E-state index contributed by atoms with van der Waals surface area (Å²) in [7, 11) is 0. The van der Waals surface area contributed by atoms with Crippen LogP contribution in [-0.2, 0) is 24.4 Å². The lowest BCUT2D eigenvalue weighted by molar-refractivity contribution is -0.763. The van der Waals surface area contributed by atoms with E-state index in [9.17, 15) is 24.8 Å². The second-order valence-electron chi connectivity index (χ2n) is 9.77. The summed E-state index contributed by atoms with van der Waals surface area (Å²) in [4.78, 5) is 45.3. The molecular weight excluding hydrogens is 590 g/mol. The van der Waals surface area contributed by atoms with Crippen molar-refractivity contribution in [3.63, 3.8) is 0 Å². The second-order valence-corrected chi connectivity index (χ2v) is 10.1. The number of aryl methyl sites for hydroxylation is 1. The van der Waals surface area contributed by atoms with Crippen molar-refractivity contribution in [2.75, 3.05) is 0 Å². The van der Waals surface area contributed by atoms with E-state index in [1.807, 2.05) is 42.5 Å². The molecule has 0 bridgehead atoms. The van der Waals surface area contributed by atoms with Gasteiger partial charge in [0.25, 0.3) is 11.0 Å². The van der Waals surface area contributed by atoms with Gasteiger partial charge in [0.1, 0.15) is 12.4 Å². The van der Waals surface area contributed by atoms with E-state index in [2.05, 4.69) is 32.2 Å². The Balaban J connectivity index is 1.40. The van der Waals surface area contributed by atoms with Gasteiger partial charge in [-0.2, -0.15) is 0 Å². The van der Waals surface area contributed by atoms with E-state index in [1.54, 1.807) is 28.8 Å². The van der Waals surface area contributed by atoms with Crippen LogP contribution in [0.2, 0.25) is 5.15 Å². The fraction of sp³-hybridized carbons (Fsp3) is 0.200. The number of carboxylic acid groups (broad SMARTS) is 1. The van der Waals surface area contributed by atoms with Gasteiger partial charge in [0.05, 0.1) is 0 Å². The number of carbonyl (C=O) groups is 2. The highest BCUT2D eigenvalue weighted by molar-refractivity contribution is 6.32. The van der Waals surface area contributed by atoms with Crippen molar-refractivity contribution in [3.05, 3.63) is 116 Å². The van der Waals surface area contributed by atoms with E-state index >= 15 is 0 Å². The smallest absolute Gasteiger partial charge is 0.355 e. The van der Waals surface area contributed by atoms with Gasteiger partial charge in [-0.25, -0.2) is 9.78 Å². The Labute approximate surface area is 255 Å².